The summed E-state index contributed by atoms with van der Waals surface area (Å²) in [7, 11) is -2.52. The first kappa shape index (κ1) is 36.8. The van der Waals surface area contributed by atoms with Gasteiger partial charge in [0, 0.05) is 44.0 Å². The van der Waals surface area contributed by atoms with Crippen LogP contribution in [0.25, 0.3) is 0 Å². The second-order valence-electron chi connectivity index (χ2n) is 12.2. The van der Waals surface area contributed by atoms with Crippen LogP contribution in [-0.2, 0) is 14.8 Å². The number of carbonyl (C=O) groups excluding carboxylic acids is 2. The Hall–Kier alpha value is -4.04. The number of nitrogens with one attached hydrogen (secondary N) is 2. The van der Waals surface area contributed by atoms with E-state index in [4.69, 9.17) is 9.47 Å². The summed E-state index contributed by atoms with van der Waals surface area (Å²) in [4.78, 5) is 28.6. The van der Waals surface area contributed by atoms with Gasteiger partial charge in [0.05, 0.1) is 35.3 Å². The molecule has 0 radical (unpaired) electrons. The number of halogens is 1. The second kappa shape index (κ2) is 16.9. The lowest BCUT2D eigenvalue weighted by Crippen LogP contribution is -2.48. The molecule has 0 saturated heterocycles. The van der Waals surface area contributed by atoms with Crippen molar-refractivity contribution in [3.05, 3.63) is 84.2 Å². The average Bonchev–Trinajstić information content (AvgIpc) is 3.06. The van der Waals surface area contributed by atoms with Crippen LogP contribution in [0.4, 0.5) is 20.6 Å². The van der Waals surface area contributed by atoms with Crippen LogP contribution in [0.1, 0.15) is 50.4 Å². The number of benzene rings is 3. The number of sulfonamides is 1. The summed E-state index contributed by atoms with van der Waals surface area (Å²) in [6, 6.07) is 17.4. The molecule has 0 saturated carbocycles. The zero-order chi connectivity index (χ0) is 34.8. The van der Waals surface area contributed by atoms with Crippen LogP contribution in [0, 0.1) is 11.7 Å². The number of nitrogens with zero attached hydrogens (tertiary/aromatic N) is 2. The SMILES string of the molecule is C[C@@H]1CN([C@@H](C)CO)C(=O)c2cc(NC(=O)Nc3ccccc3)ccc2O[C@@H](C)CCCCO[C@H]1CN(C)S(=O)(=O)c1ccc(F)cc1. The van der Waals surface area contributed by atoms with Gasteiger partial charge in [0.25, 0.3) is 5.91 Å². The number of amides is 3. The zero-order valence-corrected chi connectivity index (χ0v) is 28.6. The monoisotopic (exact) mass is 684 g/mol. The molecule has 0 unspecified atom stereocenters. The maximum atomic E-state index is 14.3. The maximum Gasteiger partial charge on any atom is 0.323 e. The number of urea groups is 1. The van der Waals surface area contributed by atoms with Crippen LogP contribution in [0.5, 0.6) is 5.75 Å². The van der Waals surface area contributed by atoms with Crippen molar-refractivity contribution in [3.63, 3.8) is 0 Å². The molecule has 4 rings (SSSR count). The molecular weight excluding hydrogens is 639 g/mol. The lowest BCUT2D eigenvalue weighted by Gasteiger charge is -2.35. The molecule has 13 heteroatoms. The Morgan fingerprint density at radius 2 is 1.73 bits per heavy atom. The van der Waals surface area contributed by atoms with Gasteiger partial charge in [-0.15, -0.1) is 0 Å². The van der Waals surface area contributed by atoms with Gasteiger partial charge in [-0.1, -0.05) is 25.1 Å². The number of anilines is 2. The van der Waals surface area contributed by atoms with Gasteiger partial charge < -0.3 is 30.1 Å². The molecule has 3 aromatic rings. The number of ether oxygens (including phenoxy) is 2. The van der Waals surface area contributed by atoms with Gasteiger partial charge in [-0.25, -0.2) is 17.6 Å². The topological polar surface area (TPSA) is 138 Å². The lowest BCUT2D eigenvalue weighted by atomic mass is 10.0. The first-order valence-electron chi connectivity index (χ1n) is 16.1. The number of fused-ring (bicyclic) bond motifs is 1. The highest BCUT2D eigenvalue weighted by Crippen LogP contribution is 2.29. The summed E-state index contributed by atoms with van der Waals surface area (Å²) in [5, 5.41) is 15.7. The molecule has 4 atom stereocenters. The first-order chi connectivity index (χ1) is 22.9. The van der Waals surface area contributed by atoms with E-state index in [1.807, 2.05) is 19.9 Å². The minimum absolute atomic E-state index is 0.0168. The normalized spacial score (nSPS) is 20.3. The first-order valence-corrected chi connectivity index (χ1v) is 17.5. The number of hydrogen-bond donors (Lipinski definition) is 3. The summed E-state index contributed by atoms with van der Waals surface area (Å²) >= 11 is 0. The van der Waals surface area contributed by atoms with E-state index < -0.39 is 39.9 Å². The number of para-hydroxylation sites is 1. The van der Waals surface area contributed by atoms with Gasteiger partial charge in [-0.05, 0) is 87.7 Å². The van der Waals surface area contributed by atoms with E-state index in [1.54, 1.807) is 49.4 Å². The molecule has 0 aromatic heterocycles. The number of likely N-dealkylation sites (N-methyl/N-ethyl adjacent to an activating group) is 1. The molecule has 0 spiro atoms. The summed E-state index contributed by atoms with van der Waals surface area (Å²) in [6.45, 7) is 5.64. The Labute approximate surface area is 282 Å². The maximum absolute atomic E-state index is 14.3. The molecule has 0 aliphatic carbocycles. The summed E-state index contributed by atoms with van der Waals surface area (Å²) < 4.78 is 53.9. The molecule has 3 aromatic carbocycles. The van der Waals surface area contributed by atoms with Crippen LogP contribution in [-0.4, -0.2) is 86.3 Å². The highest BCUT2D eigenvalue weighted by molar-refractivity contribution is 7.89. The van der Waals surface area contributed by atoms with Gasteiger partial charge in [-0.2, -0.15) is 4.31 Å². The van der Waals surface area contributed by atoms with Gasteiger partial charge in [0.1, 0.15) is 11.6 Å². The van der Waals surface area contributed by atoms with Crippen LogP contribution >= 0.6 is 0 Å². The Morgan fingerprint density at radius 3 is 2.42 bits per heavy atom. The van der Waals surface area contributed by atoms with Crippen molar-refractivity contribution in [1.82, 2.24) is 9.21 Å². The standard InChI is InChI=1S/C35H45FN4O7S/c1-24-21-40(25(2)23-41)34(42)31-20-29(38-35(43)37-28-11-6-5-7-12-28)15-18-32(31)47-26(3)10-8-9-19-46-33(24)22-39(4)48(44,45)30-16-13-27(36)14-17-30/h5-7,11-18,20,24-26,33,41H,8-10,19,21-23H2,1-4H3,(H2,37,38,43)/t24-,25+,26+,33+/m1/s1. The van der Waals surface area contributed by atoms with Crippen LogP contribution in [0.2, 0.25) is 0 Å². The molecule has 11 nitrogen and oxygen atoms in total. The van der Waals surface area contributed by atoms with Gasteiger partial charge in [0.15, 0.2) is 0 Å². The van der Waals surface area contributed by atoms with Crippen LogP contribution < -0.4 is 15.4 Å². The van der Waals surface area contributed by atoms with Crippen molar-refractivity contribution in [3.8, 4) is 5.75 Å². The predicted molar refractivity (Wildman–Crippen MR) is 182 cm³/mol. The van der Waals surface area contributed by atoms with Crippen molar-refractivity contribution in [2.75, 3.05) is 44.0 Å². The van der Waals surface area contributed by atoms with Crippen molar-refractivity contribution < 1.29 is 37.0 Å². The third kappa shape index (κ3) is 9.75. The number of rotatable bonds is 8. The van der Waals surface area contributed by atoms with E-state index >= 15 is 0 Å². The van der Waals surface area contributed by atoms with E-state index in [0.29, 0.717) is 36.6 Å². The zero-order valence-electron chi connectivity index (χ0n) is 27.8. The molecule has 0 fully saturated rings. The van der Waals surface area contributed by atoms with Gasteiger partial charge >= 0.3 is 6.03 Å². The largest absolute Gasteiger partial charge is 0.490 e. The van der Waals surface area contributed by atoms with Crippen LogP contribution in [0.3, 0.4) is 0 Å². The quantitative estimate of drug-likeness (QED) is 0.282. The predicted octanol–water partition coefficient (Wildman–Crippen LogP) is 5.59. The highest BCUT2D eigenvalue weighted by atomic mass is 32.2. The molecule has 48 heavy (non-hydrogen) atoms. The summed E-state index contributed by atoms with van der Waals surface area (Å²) in [5.74, 6) is -1.000. The minimum Gasteiger partial charge on any atom is -0.490 e. The highest BCUT2D eigenvalue weighted by Gasteiger charge is 2.32. The van der Waals surface area contributed by atoms with Crippen LogP contribution in [0.15, 0.2) is 77.7 Å². The van der Waals surface area contributed by atoms with E-state index in [0.717, 1.165) is 18.6 Å². The number of aliphatic hydroxyl groups is 1. The Balaban J connectivity index is 1.62. The molecule has 3 amide bonds. The number of hydrogen-bond acceptors (Lipinski definition) is 7. The van der Waals surface area contributed by atoms with E-state index in [9.17, 15) is 27.5 Å². The summed E-state index contributed by atoms with van der Waals surface area (Å²) in [6.07, 6.45) is 1.28. The Bertz CT molecular complexity index is 1630. The molecule has 1 heterocycles. The fourth-order valence-electron chi connectivity index (χ4n) is 5.42. The molecule has 260 valence electrons. The Morgan fingerprint density at radius 1 is 1.04 bits per heavy atom. The minimum atomic E-state index is -3.96. The second-order valence-corrected chi connectivity index (χ2v) is 14.2. The van der Waals surface area contributed by atoms with E-state index in [-0.39, 0.29) is 42.2 Å². The number of aliphatic hydroxyl groups excluding tert-OH is 1. The summed E-state index contributed by atoms with van der Waals surface area (Å²) in [5.41, 5.74) is 1.18. The van der Waals surface area contributed by atoms with Gasteiger partial charge in [0.2, 0.25) is 10.0 Å². The van der Waals surface area contributed by atoms with E-state index in [2.05, 4.69) is 10.6 Å². The van der Waals surface area contributed by atoms with Gasteiger partial charge in [-0.3, -0.25) is 4.79 Å². The molecule has 1 aliphatic rings. The fraction of sp³-hybridized carbons (Fsp3) is 0.429. The molecule has 0 bridgehead atoms. The fourth-order valence-corrected chi connectivity index (χ4v) is 6.60. The third-order valence-corrected chi connectivity index (χ3v) is 10.1. The Kier molecular flexibility index (Phi) is 12.9. The van der Waals surface area contributed by atoms with Crippen molar-refractivity contribution >= 4 is 33.3 Å². The van der Waals surface area contributed by atoms with E-state index in [1.165, 1.54) is 28.4 Å². The molecule has 3 N–H and O–H groups in total. The van der Waals surface area contributed by atoms with Crippen molar-refractivity contribution in [1.29, 1.82) is 0 Å². The lowest BCUT2D eigenvalue weighted by molar-refractivity contribution is -0.00834. The average molecular weight is 685 g/mol. The molecular formula is C35H45FN4O7S. The third-order valence-electron chi connectivity index (χ3n) is 8.30. The van der Waals surface area contributed by atoms with Crippen molar-refractivity contribution in [2.45, 2.75) is 63.2 Å². The number of carbonyl (C=O) groups is 2. The van der Waals surface area contributed by atoms with Crippen molar-refractivity contribution in [2.24, 2.45) is 5.92 Å². The molecule has 1 aliphatic heterocycles. The smallest absolute Gasteiger partial charge is 0.323 e.